The lowest BCUT2D eigenvalue weighted by Crippen LogP contribution is -2.13. The summed E-state index contributed by atoms with van der Waals surface area (Å²) in [6.07, 6.45) is 1.95. The molecule has 0 bridgehead atoms. The SMILES string of the molecule is CSCc1c(NC(=O)c2ccccc2)ccc(F)c1C. The van der Waals surface area contributed by atoms with Gasteiger partial charge in [-0.05, 0) is 48.6 Å². The van der Waals surface area contributed by atoms with Gasteiger partial charge in [0.25, 0.3) is 5.91 Å². The number of amides is 1. The van der Waals surface area contributed by atoms with E-state index in [1.165, 1.54) is 6.07 Å². The normalized spacial score (nSPS) is 10.3. The van der Waals surface area contributed by atoms with Gasteiger partial charge < -0.3 is 5.32 Å². The van der Waals surface area contributed by atoms with Gasteiger partial charge in [-0.2, -0.15) is 11.8 Å². The van der Waals surface area contributed by atoms with E-state index in [0.717, 1.165) is 5.56 Å². The fraction of sp³-hybridized carbons (Fsp3) is 0.188. The molecule has 0 aromatic heterocycles. The molecular formula is C16H16FNOS. The van der Waals surface area contributed by atoms with E-state index in [0.29, 0.717) is 22.6 Å². The largest absolute Gasteiger partial charge is 0.322 e. The van der Waals surface area contributed by atoms with E-state index in [4.69, 9.17) is 0 Å². The highest BCUT2D eigenvalue weighted by Crippen LogP contribution is 2.26. The first-order chi connectivity index (χ1) is 9.63. The van der Waals surface area contributed by atoms with E-state index >= 15 is 0 Å². The van der Waals surface area contributed by atoms with Gasteiger partial charge in [0, 0.05) is 17.0 Å². The van der Waals surface area contributed by atoms with Crippen molar-refractivity contribution in [1.82, 2.24) is 0 Å². The van der Waals surface area contributed by atoms with Gasteiger partial charge >= 0.3 is 0 Å². The maximum atomic E-state index is 13.6. The molecule has 20 heavy (non-hydrogen) atoms. The monoisotopic (exact) mass is 289 g/mol. The van der Waals surface area contributed by atoms with Crippen molar-refractivity contribution < 1.29 is 9.18 Å². The maximum Gasteiger partial charge on any atom is 0.255 e. The zero-order valence-corrected chi connectivity index (χ0v) is 12.3. The first-order valence-corrected chi connectivity index (χ1v) is 7.66. The minimum Gasteiger partial charge on any atom is -0.322 e. The molecule has 1 amide bonds. The van der Waals surface area contributed by atoms with Crippen LogP contribution in [0.15, 0.2) is 42.5 Å². The van der Waals surface area contributed by atoms with Crippen molar-refractivity contribution in [2.45, 2.75) is 12.7 Å². The molecule has 0 heterocycles. The summed E-state index contributed by atoms with van der Waals surface area (Å²) in [5.41, 5.74) is 2.68. The number of carbonyl (C=O) groups excluding carboxylic acids is 1. The summed E-state index contributed by atoms with van der Waals surface area (Å²) >= 11 is 1.60. The van der Waals surface area contributed by atoms with Crippen LogP contribution in [0.5, 0.6) is 0 Å². The van der Waals surface area contributed by atoms with Crippen LogP contribution in [0.25, 0.3) is 0 Å². The van der Waals surface area contributed by atoms with Crippen molar-refractivity contribution in [3.63, 3.8) is 0 Å². The molecular weight excluding hydrogens is 273 g/mol. The smallest absolute Gasteiger partial charge is 0.255 e. The lowest BCUT2D eigenvalue weighted by Gasteiger charge is -2.13. The number of anilines is 1. The molecule has 1 N–H and O–H groups in total. The molecule has 2 aromatic rings. The van der Waals surface area contributed by atoms with Crippen LogP contribution in [-0.2, 0) is 5.75 Å². The molecule has 0 aliphatic heterocycles. The number of thioether (sulfide) groups is 1. The quantitative estimate of drug-likeness (QED) is 0.911. The second-order valence-corrected chi connectivity index (χ2v) is 5.32. The average molecular weight is 289 g/mol. The fourth-order valence-corrected chi connectivity index (χ4v) is 2.62. The Kier molecular flexibility index (Phi) is 4.79. The van der Waals surface area contributed by atoms with Crippen LogP contribution in [0.2, 0.25) is 0 Å². The van der Waals surface area contributed by atoms with Gasteiger partial charge in [0.1, 0.15) is 5.82 Å². The van der Waals surface area contributed by atoms with Crippen LogP contribution < -0.4 is 5.32 Å². The standard InChI is InChI=1S/C16H16FNOS/c1-11-13(10-20-2)15(9-8-14(11)17)18-16(19)12-6-4-3-5-7-12/h3-9H,10H2,1-2H3,(H,18,19). The molecule has 104 valence electrons. The average Bonchev–Trinajstić information content (AvgIpc) is 2.47. The van der Waals surface area contributed by atoms with E-state index < -0.39 is 0 Å². The van der Waals surface area contributed by atoms with Gasteiger partial charge in [-0.3, -0.25) is 4.79 Å². The molecule has 2 aromatic carbocycles. The first-order valence-electron chi connectivity index (χ1n) is 6.26. The van der Waals surface area contributed by atoms with Crippen LogP contribution in [-0.4, -0.2) is 12.2 Å². The summed E-state index contributed by atoms with van der Waals surface area (Å²) in [6.45, 7) is 1.74. The highest BCUT2D eigenvalue weighted by molar-refractivity contribution is 7.97. The van der Waals surface area contributed by atoms with Crippen LogP contribution in [0.4, 0.5) is 10.1 Å². The Hall–Kier alpha value is -1.81. The molecule has 0 unspecified atom stereocenters. The van der Waals surface area contributed by atoms with Gasteiger partial charge in [-0.25, -0.2) is 4.39 Å². The second-order valence-electron chi connectivity index (χ2n) is 4.45. The highest BCUT2D eigenvalue weighted by atomic mass is 32.2. The number of benzene rings is 2. The molecule has 2 nitrogen and oxygen atoms in total. The Balaban J connectivity index is 2.29. The molecule has 0 saturated carbocycles. The fourth-order valence-electron chi connectivity index (χ4n) is 1.96. The third kappa shape index (κ3) is 3.20. The summed E-state index contributed by atoms with van der Waals surface area (Å²) in [4.78, 5) is 12.2. The first kappa shape index (κ1) is 14.6. The predicted octanol–water partition coefficient (Wildman–Crippen LogP) is 4.25. The Morgan fingerprint density at radius 1 is 1.20 bits per heavy atom. The van der Waals surface area contributed by atoms with Crippen LogP contribution in [0.3, 0.4) is 0 Å². The number of hydrogen-bond donors (Lipinski definition) is 1. The molecule has 0 atom stereocenters. The van der Waals surface area contributed by atoms with Gasteiger partial charge in [-0.1, -0.05) is 18.2 Å². The molecule has 0 radical (unpaired) electrons. The van der Waals surface area contributed by atoms with Crippen LogP contribution >= 0.6 is 11.8 Å². The van der Waals surface area contributed by atoms with E-state index in [9.17, 15) is 9.18 Å². The number of nitrogens with one attached hydrogen (secondary N) is 1. The summed E-state index contributed by atoms with van der Waals surface area (Å²) in [5.74, 6) is 0.235. The number of hydrogen-bond acceptors (Lipinski definition) is 2. The van der Waals surface area contributed by atoms with Crippen molar-refractivity contribution in [1.29, 1.82) is 0 Å². The Morgan fingerprint density at radius 2 is 1.90 bits per heavy atom. The predicted molar refractivity (Wildman–Crippen MR) is 82.8 cm³/mol. The molecule has 0 aliphatic carbocycles. The van der Waals surface area contributed by atoms with Gasteiger partial charge in [0.15, 0.2) is 0 Å². The van der Waals surface area contributed by atoms with Crippen LogP contribution in [0, 0.1) is 12.7 Å². The van der Waals surface area contributed by atoms with Gasteiger partial charge in [0.05, 0.1) is 0 Å². The molecule has 0 aliphatic rings. The maximum absolute atomic E-state index is 13.6. The lowest BCUT2D eigenvalue weighted by molar-refractivity contribution is 0.102. The minimum absolute atomic E-state index is 0.182. The molecule has 2 rings (SSSR count). The van der Waals surface area contributed by atoms with Crippen molar-refractivity contribution >= 4 is 23.4 Å². The number of rotatable bonds is 4. The summed E-state index contributed by atoms with van der Waals surface area (Å²) < 4.78 is 13.6. The Morgan fingerprint density at radius 3 is 2.55 bits per heavy atom. The number of carbonyl (C=O) groups is 1. The molecule has 4 heteroatoms. The van der Waals surface area contributed by atoms with Crippen molar-refractivity contribution in [2.75, 3.05) is 11.6 Å². The zero-order chi connectivity index (χ0) is 14.5. The van der Waals surface area contributed by atoms with Gasteiger partial charge in [0.2, 0.25) is 0 Å². The topological polar surface area (TPSA) is 29.1 Å². The molecule has 0 spiro atoms. The Bertz CT molecular complexity index is 613. The Labute approximate surface area is 122 Å². The van der Waals surface area contributed by atoms with E-state index in [2.05, 4.69) is 5.32 Å². The van der Waals surface area contributed by atoms with E-state index in [1.807, 2.05) is 24.5 Å². The van der Waals surface area contributed by atoms with Crippen molar-refractivity contribution in [3.05, 3.63) is 65.0 Å². The second kappa shape index (κ2) is 6.57. The zero-order valence-electron chi connectivity index (χ0n) is 11.4. The minimum atomic E-state index is -0.244. The third-order valence-electron chi connectivity index (χ3n) is 3.11. The van der Waals surface area contributed by atoms with E-state index in [-0.39, 0.29) is 11.7 Å². The summed E-state index contributed by atoms with van der Waals surface area (Å²) in [6, 6.07) is 12.0. The lowest BCUT2D eigenvalue weighted by atomic mass is 10.1. The molecule has 0 fully saturated rings. The van der Waals surface area contributed by atoms with Crippen molar-refractivity contribution in [3.8, 4) is 0 Å². The van der Waals surface area contributed by atoms with Gasteiger partial charge in [-0.15, -0.1) is 0 Å². The third-order valence-corrected chi connectivity index (χ3v) is 3.68. The summed E-state index contributed by atoms with van der Waals surface area (Å²) in [5, 5.41) is 2.86. The number of halogens is 1. The highest BCUT2D eigenvalue weighted by Gasteiger charge is 2.12. The van der Waals surface area contributed by atoms with Crippen LogP contribution in [0.1, 0.15) is 21.5 Å². The van der Waals surface area contributed by atoms with Crippen molar-refractivity contribution in [2.24, 2.45) is 0 Å². The summed E-state index contributed by atoms with van der Waals surface area (Å²) in [7, 11) is 0. The van der Waals surface area contributed by atoms with E-state index in [1.54, 1.807) is 36.9 Å². The molecule has 0 saturated heterocycles.